The summed E-state index contributed by atoms with van der Waals surface area (Å²) in [4.78, 5) is 14.0. The second-order valence-electron chi connectivity index (χ2n) is 5.93. The first-order valence-electron chi connectivity index (χ1n) is 7.47. The van der Waals surface area contributed by atoms with Gasteiger partial charge in [0, 0.05) is 19.1 Å². The van der Waals surface area contributed by atoms with E-state index in [2.05, 4.69) is 0 Å². The number of nitrogens with zero attached hydrogens (tertiary/aromatic N) is 1. The first-order chi connectivity index (χ1) is 10.3. The molecule has 0 radical (unpaired) electrons. The van der Waals surface area contributed by atoms with Crippen molar-refractivity contribution in [3.05, 3.63) is 35.4 Å². The molecule has 3 nitrogen and oxygen atoms in total. The molecule has 1 aromatic rings. The summed E-state index contributed by atoms with van der Waals surface area (Å²) in [6.45, 7) is 3.03. The van der Waals surface area contributed by atoms with Gasteiger partial charge in [-0.05, 0) is 37.3 Å². The molecular formula is C16H21F3N2O. The Balaban J connectivity index is 2.09. The van der Waals surface area contributed by atoms with Crippen molar-refractivity contribution in [3.63, 3.8) is 0 Å². The van der Waals surface area contributed by atoms with Crippen molar-refractivity contribution in [1.82, 2.24) is 4.90 Å². The minimum Gasteiger partial charge on any atom is -0.342 e. The van der Waals surface area contributed by atoms with Crippen LogP contribution in [-0.2, 0) is 17.4 Å². The number of hydrogen-bond donors (Lipinski definition) is 1. The average molecular weight is 314 g/mol. The normalized spacial score (nSPS) is 20.8. The highest BCUT2D eigenvalue weighted by atomic mass is 19.4. The van der Waals surface area contributed by atoms with Crippen LogP contribution in [0.1, 0.15) is 30.9 Å². The topological polar surface area (TPSA) is 46.3 Å². The Morgan fingerprint density at radius 3 is 2.73 bits per heavy atom. The number of alkyl halides is 3. The number of amides is 1. The highest BCUT2D eigenvalue weighted by Crippen LogP contribution is 2.32. The first-order valence-corrected chi connectivity index (χ1v) is 7.47. The van der Waals surface area contributed by atoms with E-state index in [1.54, 1.807) is 4.90 Å². The average Bonchev–Trinajstić information content (AvgIpc) is 2.46. The van der Waals surface area contributed by atoms with Crippen LogP contribution in [-0.4, -0.2) is 29.9 Å². The molecule has 0 bridgehead atoms. The number of nitrogens with two attached hydrogens (primary N) is 1. The molecule has 1 aliphatic rings. The second-order valence-corrected chi connectivity index (χ2v) is 5.93. The van der Waals surface area contributed by atoms with Crippen LogP contribution < -0.4 is 5.73 Å². The highest BCUT2D eigenvalue weighted by molar-refractivity contribution is 5.79. The van der Waals surface area contributed by atoms with Crippen molar-refractivity contribution in [2.45, 2.75) is 38.4 Å². The minimum atomic E-state index is -4.44. The van der Waals surface area contributed by atoms with Gasteiger partial charge in [-0.3, -0.25) is 4.79 Å². The molecule has 2 atom stereocenters. The van der Waals surface area contributed by atoms with Crippen molar-refractivity contribution in [2.24, 2.45) is 11.7 Å². The molecule has 1 amide bonds. The summed E-state index contributed by atoms with van der Waals surface area (Å²) < 4.78 is 38.9. The second kappa shape index (κ2) is 6.69. The molecule has 2 rings (SSSR count). The van der Waals surface area contributed by atoms with Gasteiger partial charge in [-0.15, -0.1) is 0 Å². The van der Waals surface area contributed by atoms with E-state index >= 15 is 0 Å². The van der Waals surface area contributed by atoms with Crippen molar-refractivity contribution in [1.29, 1.82) is 0 Å². The van der Waals surface area contributed by atoms with Crippen LogP contribution >= 0.6 is 0 Å². The van der Waals surface area contributed by atoms with Crippen LogP contribution in [0.2, 0.25) is 0 Å². The quantitative estimate of drug-likeness (QED) is 0.932. The molecule has 122 valence electrons. The van der Waals surface area contributed by atoms with E-state index in [0.717, 1.165) is 18.9 Å². The van der Waals surface area contributed by atoms with Crippen molar-refractivity contribution in [3.8, 4) is 0 Å². The van der Waals surface area contributed by atoms with Crippen molar-refractivity contribution < 1.29 is 18.0 Å². The van der Waals surface area contributed by atoms with E-state index in [9.17, 15) is 18.0 Å². The summed E-state index contributed by atoms with van der Waals surface area (Å²) in [6.07, 6.45) is -2.85. The van der Waals surface area contributed by atoms with Crippen LogP contribution in [0.3, 0.4) is 0 Å². The summed E-state index contributed by atoms with van der Waals surface area (Å²) in [5.41, 5.74) is 5.17. The smallest absolute Gasteiger partial charge is 0.342 e. The predicted octanol–water partition coefficient (Wildman–Crippen LogP) is 2.83. The highest BCUT2D eigenvalue weighted by Gasteiger charge is 2.34. The number of hydrogen-bond acceptors (Lipinski definition) is 2. The van der Waals surface area contributed by atoms with Crippen molar-refractivity contribution >= 4 is 5.91 Å². The molecule has 22 heavy (non-hydrogen) atoms. The number of benzene rings is 1. The van der Waals surface area contributed by atoms with Crippen LogP contribution in [0, 0.1) is 5.92 Å². The Hall–Kier alpha value is -1.56. The fraction of sp³-hybridized carbons (Fsp3) is 0.562. The van der Waals surface area contributed by atoms with Crippen LogP contribution in [0.5, 0.6) is 0 Å². The van der Waals surface area contributed by atoms with Crippen LogP contribution in [0.15, 0.2) is 24.3 Å². The Kier molecular flexibility index (Phi) is 5.11. The monoisotopic (exact) mass is 314 g/mol. The van der Waals surface area contributed by atoms with Gasteiger partial charge in [-0.2, -0.15) is 13.2 Å². The Morgan fingerprint density at radius 2 is 2.09 bits per heavy atom. The summed E-state index contributed by atoms with van der Waals surface area (Å²) in [7, 11) is 0. The summed E-state index contributed by atoms with van der Waals surface area (Å²) in [5, 5.41) is 0. The van der Waals surface area contributed by atoms with Gasteiger partial charge in [0.05, 0.1) is 12.0 Å². The van der Waals surface area contributed by atoms with Gasteiger partial charge >= 0.3 is 6.18 Å². The third-order valence-electron chi connectivity index (χ3n) is 4.22. The lowest BCUT2D eigenvalue weighted by atomic mass is 9.91. The maximum atomic E-state index is 13.0. The van der Waals surface area contributed by atoms with E-state index in [0.29, 0.717) is 13.1 Å². The molecule has 1 aliphatic heterocycles. The van der Waals surface area contributed by atoms with E-state index in [1.807, 2.05) is 6.92 Å². The van der Waals surface area contributed by atoms with E-state index in [4.69, 9.17) is 5.73 Å². The fourth-order valence-electron chi connectivity index (χ4n) is 2.89. The molecule has 0 spiro atoms. The predicted molar refractivity (Wildman–Crippen MR) is 78.1 cm³/mol. The van der Waals surface area contributed by atoms with Crippen LogP contribution in [0.4, 0.5) is 13.2 Å². The summed E-state index contributed by atoms with van der Waals surface area (Å²) >= 11 is 0. The van der Waals surface area contributed by atoms with Crippen molar-refractivity contribution in [2.75, 3.05) is 13.1 Å². The van der Waals surface area contributed by atoms with Gasteiger partial charge in [0.15, 0.2) is 0 Å². The fourth-order valence-corrected chi connectivity index (χ4v) is 2.89. The number of rotatable bonds is 3. The molecular weight excluding hydrogens is 293 g/mol. The number of halogens is 3. The molecule has 1 heterocycles. The maximum absolute atomic E-state index is 13.0. The van der Waals surface area contributed by atoms with Gasteiger partial charge in [-0.25, -0.2) is 0 Å². The van der Waals surface area contributed by atoms with Gasteiger partial charge in [0.25, 0.3) is 0 Å². The molecule has 1 fully saturated rings. The molecule has 1 saturated heterocycles. The molecule has 6 heteroatoms. The standard InChI is InChI=1S/C16H21F3N2O/c1-11(20)13-6-4-8-21(10-13)15(22)9-12-5-2-3-7-14(12)16(17,18)19/h2-3,5,7,11,13H,4,6,8-10,20H2,1H3/t11-,13+/m1/s1. The van der Waals surface area contributed by atoms with Gasteiger partial charge in [0.1, 0.15) is 0 Å². The lowest BCUT2D eigenvalue weighted by Gasteiger charge is -2.34. The maximum Gasteiger partial charge on any atom is 0.416 e. The SMILES string of the molecule is C[C@@H](N)[C@H]1CCCN(C(=O)Cc2ccccc2C(F)(F)F)C1. The Bertz CT molecular complexity index is 528. The summed E-state index contributed by atoms with van der Waals surface area (Å²) in [6, 6.07) is 5.23. The minimum absolute atomic E-state index is 0.0157. The first kappa shape index (κ1) is 16.8. The van der Waals surface area contributed by atoms with E-state index in [-0.39, 0.29) is 29.9 Å². The van der Waals surface area contributed by atoms with Gasteiger partial charge in [-0.1, -0.05) is 18.2 Å². The van der Waals surface area contributed by atoms with Gasteiger partial charge < -0.3 is 10.6 Å². The number of likely N-dealkylation sites (tertiary alicyclic amines) is 1. The number of piperidine rings is 1. The molecule has 0 saturated carbocycles. The zero-order valence-electron chi connectivity index (χ0n) is 12.6. The number of carbonyl (C=O) groups excluding carboxylic acids is 1. The zero-order valence-corrected chi connectivity index (χ0v) is 12.6. The Morgan fingerprint density at radius 1 is 1.41 bits per heavy atom. The molecule has 0 aliphatic carbocycles. The van der Waals surface area contributed by atoms with E-state index in [1.165, 1.54) is 18.2 Å². The Labute approximate surface area is 128 Å². The lowest BCUT2D eigenvalue weighted by Crippen LogP contribution is -2.45. The molecule has 0 unspecified atom stereocenters. The molecule has 1 aromatic carbocycles. The molecule has 0 aromatic heterocycles. The molecule has 2 N–H and O–H groups in total. The third kappa shape index (κ3) is 4.00. The van der Waals surface area contributed by atoms with Crippen LogP contribution in [0.25, 0.3) is 0 Å². The van der Waals surface area contributed by atoms with E-state index < -0.39 is 11.7 Å². The largest absolute Gasteiger partial charge is 0.416 e. The summed E-state index contributed by atoms with van der Waals surface area (Å²) in [5.74, 6) is -0.0439. The third-order valence-corrected chi connectivity index (χ3v) is 4.22. The number of carbonyl (C=O) groups is 1. The van der Waals surface area contributed by atoms with Gasteiger partial charge in [0.2, 0.25) is 5.91 Å². The lowest BCUT2D eigenvalue weighted by molar-refractivity contribution is -0.139. The zero-order chi connectivity index (χ0) is 16.3.